The summed E-state index contributed by atoms with van der Waals surface area (Å²) in [6.45, 7) is 0.951. The van der Waals surface area contributed by atoms with Crippen molar-refractivity contribution < 1.29 is 4.74 Å². The summed E-state index contributed by atoms with van der Waals surface area (Å²) in [6, 6.07) is 25.5. The molecule has 0 fully saturated rings. The molecule has 3 aromatic rings. The standard InChI is InChI=1S/C20H17NOS/c1-22-19-11-9-15(10-12-19)16-6-4-7-18(13-16)21-14-17-5-2-3-8-20(17)23-21/h2-13H,14H2,1H3. The van der Waals surface area contributed by atoms with Crippen LogP contribution in [0.1, 0.15) is 5.56 Å². The molecular weight excluding hydrogens is 302 g/mol. The molecule has 0 spiro atoms. The van der Waals surface area contributed by atoms with Crippen molar-refractivity contribution in [3.63, 3.8) is 0 Å². The first-order valence-electron chi connectivity index (χ1n) is 7.61. The van der Waals surface area contributed by atoms with Gasteiger partial charge in [0, 0.05) is 10.6 Å². The summed E-state index contributed by atoms with van der Waals surface area (Å²) in [5.41, 5.74) is 5.06. The Morgan fingerprint density at radius 2 is 1.70 bits per heavy atom. The number of benzene rings is 3. The van der Waals surface area contributed by atoms with E-state index in [2.05, 4.69) is 65.0 Å². The van der Waals surface area contributed by atoms with Crippen LogP contribution in [0.25, 0.3) is 11.1 Å². The van der Waals surface area contributed by atoms with Crippen LogP contribution in [-0.2, 0) is 6.54 Å². The number of hydrogen-bond donors (Lipinski definition) is 0. The van der Waals surface area contributed by atoms with Gasteiger partial charge in [-0.25, -0.2) is 0 Å². The first-order chi connectivity index (χ1) is 11.3. The molecule has 3 heteroatoms. The van der Waals surface area contributed by atoms with Gasteiger partial charge >= 0.3 is 0 Å². The zero-order valence-corrected chi connectivity index (χ0v) is 13.7. The number of methoxy groups -OCH3 is 1. The van der Waals surface area contributed by atoms with Gasteiger partial charge in [-0.2, -0.15) is 0 Å². The van der Waals surface area contributed by atoms with E-state index >= 15 is 0 Å². The fraction of sp³-hybridized carbons (Fsp3) is 0.100. The number of fused-ring (bicyclic) bond motifs is 1. The van der Waals surface area contributed by atoms with E-state index in [1.54, 1.807) is 7.11 Å². The Kier molecular flexibility index (Phi) is 3.72. The van der Waals surface area contributed by atoms with Crippen LogP contribution in [0.5, 0.6) is 5.75 Å². The molecule has 4 rings (SSSR count). The van der Waals surface area contributed by atoms with Crippen LogP contribution in [0.4, 0.5) is 5.69 Å². The number of nitrogens with zero attached hydrogens (tertiary/aromatic N) is 1. The van der Waals surface area contributed by atoms with Gasteiger partial charge in [0.15, 0.2) is 0 Å². The Balaban J connectivity index is 1.62. The highest BCUT2D eigenvalue weighted by molar-refractivity contribution is 8.01. The lowest BCUT2D eigenvalue weighted by molar-refractivity contribution is 0.415. The summed E-state index contributed by atoms with van der Waals surface area (Å²) >= 11 is 1.81. The predicted molar refractivity (Wildman–Crippen MR) is 96.9 cm³/mol. The van der Waals surface area contributed by atoms with Crippen LogP contribution in [0, 0.1) is 0 Å². The smallest absolute Gasteiger partial charge is 0.118 e. The van der Waals surface area contributed by atoms with Crippen LogP contribution in [0.15, 0.2) is 77.7 Å². The average molecular weight is 319 g/mol. The molecule has 1 heterocycles. The molecule has 2 nitrogen and oxygen atoms in total. The molecule has 0 N–H and O–H groups in total. The number of hydrogen-bond acceptors (Lipinski definition) is 3. The second-order valence-electron chi connectivity index (χ2n) is 5.51. The van der Waals surface area contributed by atoms with Crippen molar-refractivity contribution in [3.05, 3.63) is 78.4 Å². The van der Waals surface area contributed by atoms with Crippen LogP contribution in [-0.4, -0.2) is 7.11 Å². The van der Waals surface area contributed by atoms with Gasteiger partial charge in [0.1, 0.15) is 5.75 Å². The second kappa shape index (κ2) is 6.01. The van der Waals surface area contributed by atoms with Crippen LogP contribution < -0.4 is 9.04 Å². The molecule has 1 aliphatic heterocycles. The van der Waals surface area contributed by atoms with Crippen LogP contribution in [0.2, 0.25) is 0 Å². The lowest BCUT2D eigenvalue weighted by Gasteiger charge is -2.17. The molecule has 0 saturated heterocycles. The summed E-state index contributed by atoms with van der Waals surface area (Å²) < 4.78 is 7.58. The number of anilines is 1. The maximum absolute atomic E-state index is 5.23. The van der Waals surface area contributed by atoms with Crippen molar-refractivity contribution in [3.8, 4) is 16.9 Å². The van der Waals surface area contributed by atoms with Gasteiger partial charge < -0.3 is 9.04 Å². The third kappa shape index (κ3) is 2.80. The van der Waals surface area contributed by atoms with Crippen molar-refractivity contribution in [1.82, 2.24) is 0 Å². The van der Waals surface area contributed by atoms with Crippen molar-refractivity contribution >= 4 is 17.6 Å². The SMILES string of the molecule is COc1ccc(-c2cccc(N3Cc4ccccc4S3)c2)cc1. The van der Waals surface area contributed by atoms with Gasteiger partial charge in [-0.3, -0.25) is 0 Å². The van der Waals surface area contributed by atoms with Crippen molar-refractivity contribution in [2.24, 2.45) is 0 Å². The molecule has 0 radical (unpaired) electrons. The highest BCUT2D eigenvalue weighted by atomic mass is 32.2. The fourth-order valence-electron chi connectivity index (χ4n) is 2.80. The number of ether oxygens (including phenoxy) is 1. The molecular formula is C20H17NOS. The van der Waals surface area contributed by atoms with Crippen LogP contribution in [0.3, 0.4) is 0 Å². The predicted octanol–water partition coefficient (Wildman–Crippen LogP) is 5.39. The minimum Gasteiger partial charge on any atom is -0.497 e. The largest absolute Gasteiger partial charge is 0.497 e. The highest BCUT2D eigenvalue weighted by Crippen LogP contribution is 2.40. The quantitative estimate of drug-likeness (QED) is 0.601. The molecule has 0 aliphatic carbocycles. The minimum atomic E-state index is 0.885. The van der Waals surface area contributed by atoms with Gasteiger partial charge in [-0.05, 0) is 59.0 Å². The van der Waals surface area contributed by atoms with E-state index in [4.69, 9.17) is 4.74 Å². The van der Waals surface area contributed by atoms with Gasteiger partial charge in [-0.1, -0.05) is 42.5 Å². The second-order valence-corrected chi connectivity index (χ2v) is 6.58. The zero-order valence-electron chi connectivity index (χ0n) is 12.9. The van der Waals surface area contributed by atoms with E-state index in [-0.39, 0.29) is 0 Å². The highest BCUT2D eigenvalue weighted by Gasteiger charge is 2.20. The minimum absolute atomic E-state index is 0.885. The lowest BCUT2D eigenvalue weighted by Crippen LogP contribution is -2.07. The Morgan fingerprint density at radius 3 is 2.48 bits per heavy atom. The summed E-state index contributed by atoms with van der Waals surface area (Å²) in [7, 11) is 1.69. The summed E-state index contributed by atoms with van der Waals surface area (Å²) in [5.74, 6) is 0.885. The zero-order chi connectivity index (χ0) is 15.6. The molecule has 3 aromatic carbocycles. The Bertz CT molecular complexity index is 804. The topological polar surface area (TPSA) is 12.5 Å². The maximum Gasteiger partial charge on any atom is 0.118 e. The molecule has 0 aromatic heterocycles. The summed E-state index contributed by atoms with van der Waals surface area (Å²) in [4.78, 5) is 1.35. The van der Waals surface area contributed by atoms with E-state index in [1.165, 1.54) is 27.3 Å². The molecule has 0 atom stereocenters. The van der Waals surface area contributed by atoms with Crippen molar-refractivity contribution in [2.45, 2.75) is 11.4 Å². The van der Waals surface area contributed by atoms with Crippen molar-refractivity contribution in [2.75, 3.05) is 11.4 Å². The first-order valence-corrected chi connectivity index (χ1v) is 8.39. The molecule has 1 aliphatic rings. The lowest BCUT2D eigenvalue weighted by atomic mass is 10.0. The molecule has 23 heavy (non-hydrogen) atoms. The Labute approximate surface area is 140 Å². The molecule has 114 valence electrons. The Hall–Kier alpha value is -2.39. The Morgan fingerprint density at radius 1 is 0.870 bits per heavy atom. The van der Waals surface area contributed by atoms with E-state index in [9.17, 15) is 0 Å². The van der Waals surface area contributed by atoms with E-state index in [1.807, 2.05) is 24.1 Å². The molecule has 0 bridgehead atoms. The normalized spacial score (nSPS) is 13.0. The van der Waals surface area contributed by atoms with Gasteiger partial charge in [-0.15, -0.1) is 0 Å². The van der Waals surface area contributed by atoms with Gasteiger partial charge in [0.2, 0.25) is 0 Å². The average Bonchev–Trinajstić information content (AvgIpc) is 3.06. The van der Waals surface area contributed by atoms with E-state index in [0.29, 0.717) is 0 Å². The third-order valence-electron chi connectivity index (χ3n) is 4.05. The fourth-order valence-corrected chi connectivity index (χ4v) is 3.85. The summed E-state index contributed by atoms with van der Waals surface area (Å²) in [6.07, 6.45) is 0. The van der Waals surface area contributed by atoms with Gasteiger partial charge in [0.05, 0.1) is 13.7 Å². The first kappa shape index (κ1) is 14.2. The summed E-state index contributed by atoms with van der Waals surface area (Å²) in [5, 5.41) is 0. The monoisotopic (exact) mass is 319 g/mol. The van der Waals surface area contributed by atoms with Gasteiger partial charge in [0.25, 0.3) is 0 Å². The molecule has 0 unspecified atom stereocenters. The number of rotatable bonds is 3. The van der Waals surface area contributed by atoms with Crippen molar-refractivity contribution in [1.29, 1.82) is 0 Å². The third-order valence-corrected chi connectivity index (χ3v) is 5.21. The maximum atomic E-state index is 5.23. The van der Waals surface area contributed by atoms with E-state index in [0.717, 1.165) is 12.3 Å². The molecule has 0 saturated carbocycles. The molecule has 0 amide bonds. The van der Waals surface area contributed by atoms with E-state index < -0.39 is 0 Å². The van der Waals surface area contributed by atoms with Crippen LogP contribution >= 0.6 is 11.9 Å².